The van der Waals surface area contributed by atoms with E-state index >= 15 is 0 Å². The largest absolute Gasteiger partial charge is 0.348 e. The first-order valence-electron chi connectivity index (χ1n) is 12.0. The first kappa shape index (κ1) is 25.5. The van der Waals surface area contributed by atoms with Crippen molar-refractivity contribution in [3.8, 4) is 21.8 Å². The van der Waals surface area contributed by atoms with Gasteiger partial charge in [0.15, 0.2) is 5.13 Å². The molecule has 3 aromatic heterocycles. The number of pyridine rings is 1. The quantitative estimate of drug-likeness (QED) is 0.237. The lowest BCUT2D eigenvalue weighted by atomic mass is 10.1. The monoisotopic (exact) mass is 540 g/mol. The highest BCUT2D eigenvalue weighted by atomic mass is 35.5. The van der Waals surface area contributed by atoms with Gasteiger partial charge in [0, 0.05) is 35.7 Å². The standard InChI is InChI=1S/C29H25ClN6OS/c1-18-12-13-22(17-32-18)27(37)36(3)29-35-25(21-10-7-11-23(30)16-21)26(38-29)24-14-15-31-28(34-24)33-19(2)20-8-5-4-6-9-20/h4-17,19H,1-3H3,(H,31,33,34). The Morgan fingerprint density at radius 1 is 1.00 bits per heavy atom. The highest BCUT2D eigenvalue weighted by molar-refractivity contribution is 7.19. The third kappa shape index (κ3) is 5.56. The van der Waals surface area contributed by atoms with Gasteiger partial charge in [-0.05, 0) is 49.7 Å². The number of carbonyl (C=O) groups excluding carboxylic acids is 1. The predicted molar refractivity (Wildman–Crippen MR) is 154 cm³/mol. The lowest BCUT2D eigenvalue weighted by molar-refractivity contribution is 0.0992. The van der Waals surface area contributed by atoms with Gasteiger partial charge in [-0.2, -0.15) is 0 Å². The molecule has 3 heterocycles. The van der Waals surface area contributed by atoms with E-state index in [2.05, 4.69) is 34.3 Å². The minimum Gasteiger partial charge on any atom is -0.348 e. The first-order chi connectivity index (χ1) is 18.4. The summed E-state index contributed by atoms with van der Waals surface area (Å²) in [5.41, 5.74) is 4.68. The summed E-state index contributed by atoms with van der Waals surface area (Å²) in [5.74, 6) is 0.304. The summed E-state index contributed by atoms with van der Waals surface area (Å²) in [4.78, 5) is 33.9. The molecule has 0 saturated heterocycles. The third-order valence-electron chi connectivity index (χ3n) is 6.00. The van der Waals surface area contributed by atoms with Gasteiger partial charge in [0.05, 0.1) is 27.9 Å². The van der Waals surface area contributed by atoms with Crippen LogP contribution in [0.2, 0.25) is 5.02 Å². The van der Waals surface area contributed by atoms with E-state index in [9.17, 15) is 4.79 Å². The van der Waals surface area contributed by atoms with E-state index in [0.717, 1.165) is 21.7 Å². The molecule has 0 aliphatic rings. The van der Waals surface area contributed by atoms with Crippen molar-refractivity contribution in [2.45, 2.75) is 19.9 Å². The Morgan fingerprint density at radius 3 is 2.55 bits per heavy atom. The van der Waals surface area contributed by atoms with Gasteiger partial charge < -0.3 is 5.32 Å². The van der Waals surface area contributed by atoms with Crippen molar-refractivity contribution >= 4 is 39.9 Å². The number of aromatic nitrogens is 4. The Bertz CT molecular complexity index is 1570. The van der Waals surface area contributed by atoms with E-state index in [1.54, 1.807) is 25.5 Å². The minimum atomic E-state index is -0.197. The lowest BCUT2D eigenvalue weighted by Crippen LogP contribution is -2.26. The SMILES string of the molecule is Cc1ccc(C(=O)N(C)c2nc(-c3cccc(Cl)c3)c(-c3ccnc(NC(C)c4ccccc4)n3)s2)cn1. The van der Waals surface area contributed by atoms with Crippen LogP contribution in [0.15, 0.2) is 85.2 Å². The van der Waals surface area contributed by atoms with Crippen LogP contribution in [0.3, 0.4) is 0 Å². The number of anilines is 2. The Hall–Kier alpha value is -4.14. The number of hydrogen-bond acceptors (Lipinski definition) is 7. The number of nitrogens with zero attached hydrogens (tertiary/aromatic N) is 5. The summed E-state index contributed by atoms with van der Waals surface area (Å²) in [6, 6.07) is 23.1. The Kier molecular flexibility index (Phi) is 7.44. The fourth-order valence-electron chi connectivity index (χ4n) is 3.91. The van der Waals surface area contributed by atoms with Crippen molar-refractivity contribution in [2.24, 2.45) is 0 Å². The van der Waals surface area contributed by atoms with Crippen molar-refractivity contribution in [1.29, 1.82) is 0 Å². The van der Waals surface area contributed by atoms with Crippen LogP contribution in [0.25, 0.3) is 21.8 Å². The van der Waals surface area contributed by atoms with Gasteiger partial charge in [0.1, 0.15) is 0 Å². The van der Waals surface area contributed by atoms with E-state index in [4.69, 9.17) is 21.6 Å². The normalized spacial score (nSPS) is 11.7. The van der Waals surface area contributed by atoms with E-state index < -0.39 is 0 Å². The molecule has 0 fully saturated rings. The Morgan fingerprint density at radius 2 is 1.82 bits per heavy atom. The van der Waals surface area contributed by atoms with Gasteiger partial charge in [-0.25, -0.2) is 15.0 Å². The van der Waals surface area contributed by atoms with Crippen LogP contribution in [-0.4, -0.2) is 32.9 Å². The average molecular weight is 541 g/mol. The van der Waals surface area contributed by atoms with Gasteiger partial charge in [0.25, 0.3) is 5.91 Å². The minimum absolute atomic E-state index is 0.0164. The predicted octanol–water partition coefficient (Wildman–Crippen LogP) is 7.07. The molecule has 1 atom stereocenters. The maximum absolute atomic E-state index is 13.2. The first-order valence-corrected chi connectivity index (χ1v) is 13.2. The zero-order chi connectivity index (χ0) is 26.6. The fraction of sp³-hybridized carbons (Fsp3) is 0.138. The molecule has 190 valence electrons. The molecule has 1 N–H and O–H groups in total. The van der Waals surface area contributed by atoms with Gasteiger partial charge >= 0.3 is 0 Å². The van der Waals surface area contributed by atoms with Crippen LogP contribution in [-0.2, 0) is 0 Å². The second-order valence-corrected chi connectivity index (χ2v) is 10.2. The van der Waals surface area contributed by atoms with E-state index in [1.165, 1.54) is 16.2 Å². The zero-order valence-electron chi connectivity index (χ0n) is 21.1. The van der Waals surface area contributed by atoms with Crippen LogP contribution in [0, 0.1) is 6.92 Å². The van der Waals surface area contributed by atoms with Gasteiger partial charge in [-0.15, -0.1) is 0 Å². The highest BCUT2D eigenvalue weighted by Gasteiger charge is 2.23. The number of rotatable bonds is 7. The molecule has 0 spiro atoms. The van der Waals surface area contributed by atoms with Crippen molar-refractivity contribution in [3.63, 3.8) is 0 Å². The summed E-state index contributed by atoms with van der Waals surface area (Å²) in [5, 5.41) is 4.51. The molecule has 9 heteroatoms. The highest BCUT2D eigenvalue weighted by Crippen LogP contribution is 2.40. The molecule has 0 saturated carbocycles. The third-order valence-corrected chi connectivity index (χ3v) is 7.39. The topological polar surface area (TPSA) is 83.9 Å². The molecule has 38 heavy (non-hydrogen) atoms. The van der Waals surface area contributed by atoms with Crippen LogP contribution < -0.4 is 10.2 Å². The van der Waals surface area contributed by atoms with E-state index in [1.807, 2.05) is 61.5 Å². The summed E-state index contributed by atoms with van der Waals surface area (Å²) in [6.07, 6.45) is 3.30. The van der Waals surface area contributed by atoms with Crippen LogP contribution in [0.5, 0.6) is 0 Å². The fourth-order valence-corrected chi connectivity index (χ4v) is 5.11. The molecule has 0 aliphatic carbocycles. The number of thiazole rings is 1. The number of amides is 1. The molecule has 2 aromatic carbocycles. The molecule has 1 unspecified atom stereocenters. The van der Waals surface area contributed by atoms with Crippen molar-refractivity contribution in [1.82, 2.24) is 19.9 Å². The van der Waals surface area contributed by atoms with Gasteiger partial charge in [-0.1, -0.05) is 65.4 Å². The molecule has 0 aliphatic heterocycles. The summed E-state index contributed by atoms with van der Waals surface area (Å²) in [7, 11) is 1.71. The molecular formula is C29H25ClN6OS. The van der Waals surface area contributed by atoms with Gasteiger partial charge in [0.2, 0.25) is 5.95 Å². The number of carbonyl (C=O) groups is 1. The molecule has 5 aromatic rings. The number of nitrogens with one attached hydrogen (secondary N) is 1. The Balaban J connectivity index is 1.52. The van der Waals surface area contributed by atoms with Crippen LogP contribution >= 0.6 is 22.9 Å². The van der Waals surface area contributed by atoms with E-state index in [-0.39, 0.29) is 11.9 Å². The average Bonchev–Trinajstić information content (AvgIpc) is 3.39. The van der Waals surface area contributed by atoms with Crippen molar-refractivity contribution in [2.75, 3.05) is 17.3 Å². The second-order valence-electron chi connectivity index (χ2n) is 8.78. The maximum atomic E-state index is 13.2. The van der Waals surface area contributed by atoms with E-state index in [0.29, 0.717) is 33.1 Å². The molecule has 0 radical (unpaired) electrons. The summed E-state index contributed by atoms with van der Waals surface area (Å²) >= 11 is 7.70. The molecule has 7 nitrogen and oxygen atoms in total. The lowest BCUT2D eigenvalue weighted by Gasteiger charge is -2.14. The molecule has 5 rings (SSSR count). The maximum Gasteiger partial charge on any atom is 0.261 e. The van der Waals surface area contributed by atoms with Crippen LogP contribution in [0.4, 0.5) is 11.1 Å². The van der Waals surface area contributed by atoms with Crippen molar-refractivity contribution < 1.29 is 4.79 Å². The second kappa shape index (κ2) is 11.1. The summed E-state index contributed by atoms with van der Waals surface area (Å²) < 4.78 is 0. The molecular weight excluding hydrogens is 516 g/mol. The Labute approximate surface area is 230 Å². The van der Waals surface area contributed by atoms with Crippen molar-refractivity contribution in [3.05, 3.63) is 107 Å². The smallest absolute Gasteiger partial charge is 0.261 e. The summed E-state index contributed by atoms with van der Waals surface area (Å²) in [6.45, 7) is 3.95. The van der Waals surface area contributed by atoms with Gasteiger partial charge in [-0.3, -0.25) is 14.7 Å². The number of aryl methyl sites for hydroxylation is 1. The number of halogens is 1. The number of benzene rings is 2. The van der Waals surface area contributed by atoms with Crippen LogP contribution in [0.1, 0.15) is 34.6 Å². The number of hydrogen-bond donors (Lipinski definition) is 1. The zero-order valence-corrected chi connectivity index (χ0v) is 22.7. The molecule has 1 amide bonds. The molecule has 0 bridgehead atoms.